The Hall–Kier alpha value is -3.66. The number of hydrogen-bond donors (Lipinski definition) is 2. The first-order valence-electron chi connectivity index (χ1n) is 10.1. The van der Waals surface area contributed by atoms with E-state index in [2.05, 4.69) is 27.2 Å². The van der Waals surface area contributed by atoms with Gasteiger partial charge in [-0.25, -0.2) is 4.98 Å². The first kappa shape index (κ1) is 22.5. The Morgan fingerprint density at radius 2 is 2.03 bits per heavy atom. The second-order valence-electron chi connectivity index (χ2n) is 7.59. The van der Waals surface area contributed by atoms with E-state index in [1.807, 2.05) is 19.1 Å². The van der Waals surface area contributed by atoms with E-state index in [4.69, 9.17) is 4.74 Å². The molecular weight excluding hydrogens is 435 g/mol. The van der Waals surface area contributed by atoms with Gasteiger partial charge in [-0.3, -0.25) is 15.1 Å². The molecule has 0 saturated heterocycles. The van der Waals surface area contributed by atoms with Crippen LogP contribution in [0.15, 0.2) is 54.0 Å². The number of aromatic nitrogens is 2. The summed E-state index contributed by atoms with van der Waals surface area (Å²) in [6.07, 6.45) is -5.45. The summed E-state index contributed by atoms with van der Waals surface area (Å²) in [5.41, 5.74) is 2.33. The number of nitrogens with one attached hydrogen (secondary N) is 2. The summed E-state index contributed by atoms with van der Waals surface area (Å²) in [5, 5.41) is 5.76. The van der Waals surface area contributed by atoms with Crippen LogP contribution in [0.25, 0.3) is 16.8 Å². The lowest BCUT2D eigenvalue weighted by molar-refractivity contribution is -0.147. The third-order valence-corrected chi connectivity index (χ3v) is 5.43. The van der Waals surface area contributed by atoms with Gasteiger partial charge in [0.1, 0.15) is 17.8 Å². The van der Waals surface area contributed by atoms with Crippen LogP contribution in [-0.2, 0) is 10.9 Å². The number of carbonyl (C=O) groups is 1. The largest absolute Gasteiger partial charge is 0.497 e. The van der Waals surface area contributed by atoms with Crippen molar-refractivity contribution >= 4 is 28.5 Å². The molecule has 2 N–H and O–H groups in total. The minimum absolute atomic E-state index is 0.00947. The Bertz CT molecular complexity index is 1260. The highest BCUT2D eigenvalue weighted by Gasteiger charge is 2.39. The minimum Gasteiger partial charge on any atom is -0.497 e. The standard InChI is InChI=1S/C23H22F3N5O2/c1-13-6-4-5-7-16(13)21(32)30-19-11-28-20(12-27-19)31-18-9-8-15(14(2)33-3)10-17(18)29-22(31)23(24,25)26/h4-10,20,28H,2,11-12H2,1,3H3,(H,27,30,32). The molecule has 1 aliphatic rings. The smallest absolute Gasteiger partial charge is 0.449 e. The molecule has 0 saturated carbocycles. The first-order chi connectivity index (χ1) is 15.7. The molecule has 0 bridgehead atoms. The maximum absolute atomic E-state index is 13.8. The lowest BCUT2D eigenvalue weighted by Gasteiger charge is -2.26. The minimum atomic E-state index is -4.66. The fourth-order valence-corrected chi connectivity index (χ4v) is 3.72. The summed E-state index contributed by atoms with van der Waals surface area (Å²) < 4.78 is 47.6. The highest BCUT2D eigenvalue weighted by molar-refractivity contribution is 6.07. The van der Waals surface area contributed by atoms with E-state index in [9.17, 15) is 18.0 Å². The number of carbonyl (C=O) groups excluding carboxylic acids is 1. The molecule has 10 heteroatoms. The summed E-state index contributed by atoms with van der Waals surface area (Å²) in [6, 6.07) is 11.8. The van der Waals surface area contributed by atoms with Crippen molar-refractivity contribution in [3.63, 3.8) is 0 Å². The molecule has 3 aromatic rings. The van der Waals surface area contributed by atoms with Gasteiger partial charge in [0.2, 0.25) is 5.82 Å². The molecule has 1 aliphatic heterocycles. The van der Waals surface area contributed by atoms with Gasteiger partial charge in [-0.05, 0) is 36.8 Å². The molecular formula is C23H22F3N5O2. The number of halogens is 3. The Labute approximate surface area is 188 Å². The number of fused-ring (bicyclic) bond motifs is 1. The van der Waals surface area contributed by atoms with Crippen molar-refractivity contribution < 1.29 is 22.7 Å². The van der Waals surface area contributed by atoms with E-state index < -0.39 is 18.2 Å². The molecule has 1 unspecified atom stereocenters. The van der Waals surface area contributed by atoms with Gasteiger partial charge < -0.3 is 14.6 Å². The van der Waals surface area contributed by atoms with Crippen LogP contribution in [0.1, 0.15) is 33.5 Å². The highest BCUT2D eigenvalue weighted by atomic mass is 19.4. The van der Waals surface area contributed by atoms with Crippen molar-refractivity contribution in [3.8, 4) is 0 Å². The molecule has 4 rings (SSSR count). The number of hydrogen-bond acceptors (Lipinski definition) is 5. The Balaban J connectivity index is 1.61. The fraction of sp³-hybridized carbons (Fsp3) is 0.261. The van der Waals surface area contributed by atoms with Crippen molar-refractivity contribution in [1.29, 1.82) is 0 Å². The van der Waals surface area contributed by atoms with Gasteiger partial charge in [-0.1, -0.05) is 24.8 Å². The van der Waals surface area contributed by atoms with E-state index in [0.717, 1.165) is 10.1 Å². The number of benzene rings is 2. The molecule has 0 radical (unpaired) electrons. The average molecular weight is 457 g/mol. The molecule has 2 heterocycles. The quantitative estimate of drug-likeness (QED) is 0.583. The monoisotopic (exact) mass is 457 g/mol. The van der Waals surface area contributed by atoms with Crippen LogP contribution in [0.2, 0.25) is 0 Å². The molecule has 172 valence electrons. The molecule has 1 aromatic heterocycles. The van der Waals surface area contributed by atoms with Gasteiger partial charge in [0.05, 0.1) is 31.2 Å². The second kappa shape index (κ2) is 8.70. The van der Waals surface area contributed by atoms with Crippen LogP contribution in [-0.4, -0.2) is 41.5 Å². The molecule has 0 fully saturated rings. The number of nitrogens with zero attached hydrogens (tertiary/aromatic N) is 3. The molecule has 0 spiro atoms. The number of methoxy groups -OCH3 is 1. The fourth-order valence-electron chi connectivity index (χ4n) is 3.72. The van der Waals surface area contributed by atoms with E-state index in [1.165, 1.54) is 13.2 Å². The van der Waals surface area contributed by atoms with Crippen molar-refractivity contribution in [3.05, 3.63) is 71.6 Å². The predicted molar refractivity (Wildman–Crippen MR) is 119 cm³/mol. The summed E-state index contributed by atoms with van der Waals surface area (Å²) in [6.45, 7) is 5.64. The van der Waals surface area contributed by atoms with E-state index in [0.29, 0.717) is 28.2 Å². The number of imidazole rings is 1. The van der Waals surface area contributed by atoms with Gasteiger partial charge >= 0.3 is 6.18 Å². The predicted octanol–water partition coefficient (Wildman–Crippen LogP) is 3.91. The van der Waals surface area contributed by atoms with Crippen LogP contribution in [0, 0.1) is 6.92 Å². The third kappa shape index (κ3) is 4.47. The van der Waals surface area contributed by atoms with Gasteiger partial charge in [-0.15, -0.1) is 0 Å². The lowest BCUT2D eigenvalue weighted by Crippen LogP contribution is -2.45. The Morgan fingerprint density at radius 3 is 2.67 bits per heavy atom. The highest BCUT2D eigenvalue weighted by Crippen LogP contribution is 2.34. The maximum atomic E-state index is 13.8. The van der Waals surface area contributed by atoms with Gasteiger partial charge in [0, 0.05) is 11.1 Å². The van der Waals surface area contributed by atoms with Crippen LogP contribution < -0.4 is 10.6 Å². The first-order valence-corrected chi connectivity index (χ1v) is 10.1. The molecule has 0 aliphatic carbocycles. The lowest BCUT2D eigenvalue weighted by atomic mass is 10.1. The topological polar surface area (TPSA) is 80.5 Å². The molecule has 1 atom stereocenters. The summed E-state index contributed by atoms with van der Waals surface area (Å²) in [7, 11) is 1.44. The van der Waals surface area contributed by atoms with Crippen molar-refractivity contribution in [1.82, 2.24) is 20.2 Å². The Kier molecular flexibility index (Phi) is 5.94. The normalized spacial score (nSPS) is 16.4. The number of amides is 1. The molecule has 7 nitrogen and oxygen atoms in total. The van der Waals surface area contributed by atoms with Gasteiger partial charge in [0.25, 0.3) is 5.91 Å². The van der Waals surface area contributed by atoms with Crippen LogP contribution in [0.3, 0.4) is 0 Å². The zero-order valence-electron chi connectivity index (χ0n) is 18.0. The number of alkyl halides is 3. The Morgan fingerprint density at radius 1 is 1.27 bits per heavy atom. The molecule has 2 aromatic carbocycles. The number of amidine groups is 1. The number of aliphatic imine (C=N–C) groups is 1. The van der Waals surface area contributed by atoms with Crippen LogP contribution in [0.4, 0.5) is 13.2 Å². The summed E-state index contributed by atoms with van der Waals surface area (Å²) in [5.74, 6) is -0.662. The maximum Gasteiger partial charge on any atom is 0.449 e. The average Bonchev–Trinajstić information content (AvgIpc) is 3.18. The zero-order valence-corrected chi connectivity index (χ0v) is 18.0. The molecule has 1 amide bonds. The van der Waals surface area contributed by atoms with Crippen molar-refractivity contribution in [2.45, 2.75) is 19.3 Å². The van der Waals surface area contributed by atoms with Gasteiger partial charge in [-0.2, -0.15) is 13.2 Å². The number of aryl methyl sites for hydroxylation is 1. The SMILES string of the molecule is C=C(OC)c1ccc2c(c1)nc(C(F)(F)F)n2C1CN=C(NC(=O)c2ccccc2C)CN1. The summed E-state index contributed by atoms with van der Waals surface area (Å²) in [4.78, 5) is 20.7. The second-order valence-corrected chi connectivity index (χ2v) is 7.59. The van der Waals surface area contributed by atoms with E-state index >= 15 is 0 Å². The van der Waals surface area contributed by atoms with Crippen molar-refractivity contribution in [2.24, 2.45) is 4.99 Å². The third-order valence-electron chi connectivity index (χ3n) is 5.43. The number of rotatable bonds is 4. The molecule has 33 heavy (non-hydrogen) atoms. The van der Waals surface area contributed by atoms with Gasteiger partial charge in [0.15, 0.2) is 0 Å². The number of ether oxygens (including phenoxy) is 1. The zero-order chi connectivity index (χ0) is 23.8. The summed E-state index contributed by atoms with van der Waals surface area (Å²) >= 11 is 0. The van der Waals surface area contributed by atoms with E-state index in [-0.39, 0.29) is 24.5 Å². The van der Waals surface area contributed by atoms with Crippen molar-refractivity contribution in [2.75, 3.05) is 20.2 Å². The van der Waals surface area contributed by atoms with E-state index in [1.54, 1.807) is 24.3 Å². The van der Waals surface area contributed by atoms with Crippen LogP contribution in [0.5, 0.6) is 0 Å². The van der Waals surface area contributed by atoms with Crippen LogP contribution >= 0.6 is 0 Å².